The first-order valence-electron chi connectivity index (χ1n) is 8.23. The Hall–Kier alpha value is -3.33. The fourth-order valence-corrected chi connectivity index (χ4v) is 3.03. The number of nitrogens with zero attached hydrogens (tertiary/aromatic N) is 2. The molecule has 7 nitrogen and oxygen atoms in total. The molecule has 2 heterocycles. The molecule has 0 saturated carbocycles. The zero-order chi connectivity index (χ0) is 20.3. The van der Waals surface area contributed by atoms with Crippen LogP contribution in [0.4, 0.5) is 15.8 Å². The van der Waals surface area contributed by atoms with Crippen molar-refractivity contribution >= 4 is 34.5 Å². The maximum Gasteiger partial charge on any atom is 0.275 e. The third-order valence-electron chi connectivity index (χ3n) is 3.79. The van der Waals surface area contributed by atoms with Gasteiger partial charge in [0.25, 0.3) is 11.8 Å². The van der Waals surface area contributed by atoms with E-state index < -0.39 is 17.6 Å². The van der Waals surface area contributed by atoms with Crippen molar-refractivity contribution in [3.63, 3.8) is 0 Å². The third kappa shape index (κ3) is 4.49. The molecule has 0 aliphatic carbocycles. The Bertz CT molecular complexity index is 1050. The van der Waals surface area contributed by atoms with Gasteiger partial charge in [0.15, 0.2) is 0 Å². The van der Waals surface area contributed by atoms with Gasteiger partial charge in [0, 0.05) is 22.7 Å². The molecule has 2 amide bonds. The van der Waals surface area contributed by atoms with E-state index in [2.05, 4.69) is 20.6 Å². The number of carbonyl (C=O) groups excluding carboxylic acids is 2. The standard InChI is InChI=1S/C19H17FN4O3S/c1-10-15(4-5-17(21-10)27-3)24-18(25)12-6-13(20)8-14(7-12)23-19(26)16-9-28-11(2)22-16/h4-9H,1-3H3,(H,23,26)(H,24,25). The second-order valence-corrected chi connectivity index (χ2v) is 6.94. The predicted octanol–water partition coefficient (Wildman–Crippen LogP) is 3.81. The fraction of sp³-hybridized carbons (Fsp3) is 0.158. The van der Waals surface area contributed by atoms with Crippen LogP contribution in [0.25, 0.3) is 0 Å². The second kappa shape index (κ2) is 8.13. The number of ether oxygens (including phenoxy) is 1. The average Bonchev–Trinajstić information content (AvgIpc) is 3.09. The number of benzene rings is 1. The van der Waals surface area contributed by atoms with E-state index in [1.165, 1.54) is 24.5 Å². The number of pyridine rings is 1. The van der Waals surface area contributed by atoms with Crippen molar-refractivity contribution in [3.05, 3.63) is 63.5 Å². The Balaban J connectivity index is 1.78. The van der Waals surface area contributed by atoms with Crippen molar-refractivity contribution < 1.29 is 18.7 Å². The van der Waals surface area contributed by atoms with Gasteiger partial charge in [-0.3, -0.25) is 9.59 Å². The molecular formula is C19H17FN4O3S. The molecule has 0 spiro atoms. The van der Waals surface area contributed by atoms with Crippen LogP contribution in [0.2, 0.25) is 0 Å². The van der Waals surface area contributed by atoms with Gasteiger partial charge in [-0.15, -0.1) is 11.3 Å². The predicted molar refractivity (Wildman–Crippen MR) is 105 cm³/mol. The highest BCUT2D eigenvalue weighted by Gasteiger charge is 2.14. The van der Waals surface area contributed by atoms with Crippen LogP contribution < -0.4 is 15.4 Å². The molecular weight excluding hydrogens is 383 g/mol. The summed E-state index contributed by atoms with van der Waals surface area (Å²) in [6, 6.07) is 6.86. The Morgan fingerprint density at radius 1 is 1.07 bits per heavy atom. The zero-order valence-electron chi connectivity index (χ0n) is 15.4. The van der Waals surface area contributed by atoms with Crippen molar-refractivity contribution in [2.75, 3.05) is 17.7 Å². The molecule has 2 N–H and O–H groups in total. The molecule has 0 aliphatic heterocycles. The smallest absolute Gasteiger partial charge is 0.275 e. The number of aromatic nitrogens is 2. The molecule has 0 atom stereocenters. The number of thiazole rings is 1. The molecule has 1 aromatic carbocycles. The first kappa shape index (κ1) is 19.4. The number of nitrogens with one attached hydrogen (secondary N) is 2. The lowest BCUT2D eigenvalue weighted by molar-refractivity contribution is 0.101. The summed E-state index contributed by atoms with van der Waals surface area (Å²) < 4.78 is 19.0. The molecule has 3 rings (SSSR count). The van der Waals surface area contributed by atoms with Crippen molar-refractivity contribution in [1.29, 1.82) is 0 Å². The van der Waals surface area contributed by atoms with Gasteiger partial charge < -0.3 is 15.4 Å². The quantitative estimate of drug-likeness (QED) is 0.679. The van der Waals surface area contributed by atoms with Crippen molar-refractivity contribution in [1.82, 2.24) is 9.97 Å². The monoisotopic (exact) mass is 400 g/mol. The van der Waals surface area contributed by atoms with E-state index in [0.29, 0.717) is 17.3 Å². The van der Waals surface area contributed by atoms with Crippen LogP contribution in [0.5, 0.6) is 5.88 Å². The van der Waals surface area contributed by atoms with Gasteiger partial charge in [-0.05, 0) is 38.1 Å². The molecule has 0 aliphatic rings. The minimum atomic E-state index is -0.651. The number of methoxy groups -OCH3 is 1. The Morgan fingerprint density at radius 3 is 2.50 bits per heavy atom. The lowest BCUT2D eigenvalue weighted by Crippen LogP contribution is -2.16. The van der Waals surface area contributed by atoms with Gasteiger partial charge in [0.05, 0.1) is 23.5 Å². The zero-order valence-corrected chi connectivity index (χ0v) is 16.2. The van der Waals surface area contributed by atoms with E-state index in [0.717, 1.165) is 17.1 Å². The lowest BCUT2D eigenvalue weighted by Gasteiger charge is -2.10. The number of hydrogen-bond donors (Lipinski definition) is 2. The number of halogens is 1. The van der Waals surface area contributed by atoms with Gasteiger partial charge in [-0.25, -0.2) is 14.4 Å². The number of hydrogen-bond acceptors (Lipinski definition) is 6. The summed E-state index contributed by atoms with van der Waals surface area (Å²) in [6.07, 6.45) is 0. The first-order chi connectivity index (χ1) is 13.4. The molecule has 28 heavy (non-hydrogen) atoms. The highest BCUT2D eigenvalue weighted by Crippen LogP contribution is 2.20. The number of amides is 2. The van der Waals surface area contributed by atoms with E-state index in [1.807, 2.05) is 0 Å². The summed E-state index contributed by atoms with van der Waals surface area (Å²) in [5, 5.41) is 7.58. The van der Waals surface area contributed by atoms with Gasteiger partial charge in [0.2, 0.25) is 5.88 Å². The number of rotatable bonds is 5. The van der Waals surface area contributed by atoms with E-state index in [1.54, 1.807) is 31.4 Å². The van der Waals surface area contributed by atoms with Gasteiger partial charge in [-0.2, -0.15) is 0 Å². The molecule has 0 unspecified atom stereocenters. The third-order valence-corrected chi connectivity index (χ3v) is 4.56. The second-order valence-electron chi connectivity index (χ2n) is 5.88. The average molecular weight is 400 g/mol. The first-order valence-corrected chi connectivity index (χ1v) is 9.10. The van der Waals surface area contributed by atoms with Crippen LogP contribution in [-0.4, -0.2) is 28.9 Å². The summed E-state index contributed by atoms with van der Waals surface area (Å²) >= 11 is 1.33. The number of carbonyl (C=O) groups is 2. The van der Waals surface area contributed by atoms with Crippen LogP contribution in [0.3, 0.4) is 0 Å². The summed E-state index contributed by atoms with van der Waals surface area (Å²) in [5.41, 5.74) is 1.47. The largest absolute Gasteiger partial charge is 0.481 e. The fourth-order valence-electron chi connectivity index (χ4n) is 2.43. The van der Waals surface area contributed by atoms with E-state index in [-0.39, 0.29) is 16.9 Å². The molecule has 2 aromatic heterocycles. The summed E-state index contributed by atoms with van der Waals surface area (Å²) in [4.78, 5) is 33.0. The number of anilines is 2. The molecule has 0 bridgehead atoms. The van der Waals surface area contributed by atoms with Crippen molar-refractivity contribution in [2.24, 2.45) is 0 Å². The Morgan fingerprint density at radius 2 is 1.86 bits per heavy atom. The van der Waals surface area contributed by atoms with E-state index in [9.17, 15) is 14.0 Å². The summed E-state index contributed by atoms with van der Waals surface area (Å²) in [5.74, 6) is -1.24. The maximum atomic E-state index is 14.0. The van der Waals surface area contributed by atoms with Gasteiger partial charge in [0.1, 0.15) is 11.5 Å². The van der Waals surface area contributed by atoms with Crippen LogP contribution in [0.1, 0.15) is 31.5 Å². The minimum absolute atomic E-state index is 0.0555. The Labute approximate surface area is 164 Å². The molecule has 9 heteroatoms. The number of aryl methyl sites for hydroxylation is 2. The molecule has 0 fully saturated rings. The van der Waals surface area contributed by atoms with Gasteiger partial charge in [-0.1, -0.05) is 0 Å². The molecule has 0 saturated heterocycles. The SMILES string of the molecule is COc1ccc(NC(=O)c2cc(F)cc(NC(=O)c3csc(C)n3)c2)c(C)n1. The van der Waals surface area contributed by atoms with Crippen LogP contribution >= 0.6 is 11.3 Å². The van der Waals surface area contributed by atoms with E-state index >= 15 is 0 Å². The molecule has 0 radical (unpaired) electrons. The maximum absolute atomic E-state index is 14.0. The van der Waals surface area contributed by atoms with Crippen LogP contribution in [0, 0.1) is 19.7 Å². The molecule has 144 valence electrons. The van der Waals surface area contributed by atoms with Crippen molar-refractivity contribution in [2.45, 2.75) is 13.8 Å². The lowest BCUT2D eigenvalue weighted by atomic mass is 10.1. The van der Waals surface area contributed by atoms with Crippen LogP contribution in [-0.2, 0) is 0 Å². The Kier molecular flexibility index (Phi) is 5.65. The highest BCUT2D eigenvalue weighted by molar-refractivity contribution is 7.09. The normalized spacial score (nSPS) is 10.4. The summed E-state index contributed by atoms with van der Waals surface area (Å²) in [7, 11) is 1.50. The van der Waals surface area contributed by atoms with E-state index in [4.69, 9.17) is 4.74 Å². The topological polar surface area (TPSA) is 93.2 Å². The minimum Gasteiger partial charge on any atom is -0.481 e. The summed E-state index contributed by atoms with van der Waals surface area (Å²) in [6.45, 7) is 3.49. The van der Waals surface area contributed by atoms with Gasteiger partial charge >= 0.3 is 0 Å². The van der Waals surface area contributed by atoms with Crippen molar-refractivity contribution in [3.8, 4) is 5.88 Å². The molecule has 3 aromatic rings. The highest BCUT2D eigenvalue weighted by atomic mass is 32.1. The van der Waals surface area contributed by atoms with Crippen LogP contribution in [0.15, 0.2) is 35.7 Å².